The maximum absolute atomic E-state index is 13.6. The van der Waals surface area contributed by atoms with Crippen molar-refractivity contribution in [3.8, 4) is 17.0 Å². The number of carboxylic acids is 1. The van der Waals surface area contributed by atoms with Crippen LogP contribution in [0.15, 0.2) is 36.7 Å². The molecule has 0 amide bonds. The predicted molar refractivity (Wildman–Crippen MR) is 144 cm³/mol. The van der Waals surface area contributed by atoms with Gasteiger partial charge in [0.15, 0.2) is 0 Å². The van der Waals surface area contributed by atoms with E-state index in [9.17, 15) is 9.18 Å². The lowest BCUT2D eigenvalue weighted by atomic mass is 9.98. The zero-order valence-electron chi connectivity index (χ0n) is 21.6. The van der Waals surface area contributed by atoms with Gasteiger partial charge in [-0.1, -0.05) is 11.6 Å². The number of nitrogens with zero attached hydrogens (tertiary/aromatic N) is 2. The summed E-state index contributed by atoms with van der Waals surface area (Å²) in [5, 5.41) is 16.2. The van der Waals surface area contributed by atoms with E-state index in [0.717, 1.165) is 53.8 Å². The summed E-state index contributed by atoms with van der Waals surface area (Å²) in [6.07, 6.45) is 3.55. The van der Waals surface area contributed by atoms with Gasteiger partial charge in [-0.3, -0.25) is 4.79 Å². The second-order valence-corrected chi connectivity index (χ2v) is 10.2. The second kappa shape index (κ2) is 13.0. The topological polar surface area (TPSA) is 106 Å². The summed E-state index contributed by atoms with van der Waals surface area (Å²) < 4.78 is 24.7. The summed E-state index contributed by atoms with van der Waals surface area (Å²) in [4.78, 5) is 18.9. The molecule has 0 aliphatic carbocycles. The summed E-state index contributed by atoms with van der Waals surface area (Å²) >= 11 is 6.00. The van der Waals surface area contributed by atoms with Gasteiger partial charge in [-0.25, -0.2) is 14.4 Å². The first-order valence-corrected chi connectivity index (χ1v) is 12.5. The van der Waals surface area contributed by atoms with Crippen molar-refractivity contribution in [2.75, 3.05) is 38.7 Å². The molecular weight excluding hydrogens is 499 g/mol. The Hall–Kier alpha value is -3.01. The Morgan fingerprint density at radius 2 is 1.89 bits per heavy atom. The molecule has 2 aromatic carbocycles. The van der Waals surface area contributed by atoms with E-state index in [-0.39, 0.29) is 5.02 Å². The third-order valence-corrected chi connectivity index (χ3v) is 6.10. The molecular formula is C27H34ClFN4O4. The Labute approximate surface area is 221 Å². The van der Waals surface area contributed by atoms with Gasteiger partial charge in [0.2, 0.25) is 0 Å². The van der Waals surface area contributed by atoms with Crippen molar-refractivity contribution in [2.45, 2.75) is 39.7 Å². The number of fused-ring (bicyclic) bond motifs is 1. The van der Waals surface area contributed by atoms with Crippen LogP contribution in [0.2, 0.25) is 5.02 Å². The van der Waals surface area contributed by atoms with Crippen LogP contribution in [0.4, 0.5) is 10.1 Å². The number of methoxy groups -OCH3 is 1. The smallest absolute Gasteiger partial charge is 0.308 e. The van der Waals surface area contributed by atoms with E-state index in [1.807, 2.05) is 12.1 Å². The molecule has 0 spiro atoms. The molecule has 10 heteroatoms. The van der Waals surface area contributed by atoms with Crippen molar-refractivity contribution in [3.05, 3.63) is 47.5 Å². The zero-order chi connectivity index (χ0) is 27.0. The SMILES string of the molecule is CC(C)(C)C(=O)O.COCCOc1cc2ncnc(-c3ccc(F)c(Cl)c3)c2cc1NC1CCNCC1. The molecule has 4 rings (SSSR count). The van der Waals surface area contributed by atoms with Gasteiger partial charge in [0.25, 0.3) is 0 Å². The minimum Gasteiger partial charge on any atom is -0.489 e. The Morgan fingerprint density at radius 3 is 2.51 bits per heavy atom. The normalized spacial score (nSPS) is 14.1. The van der Waals surface area contributed by atoms with E-state index in [1.165, 1.54) is 12.4 Å². The minimum atomic E-state index is -0.757. The van der Waals surface area contributed by atoms with Gasteiger partial charge in [-0.2, -0.15) is 0 Å². The largest absolute Gasteiger partial charge is 0.489 e. The fourth-order valence-electron chi connectivity index (χ4n) is 3.61. The lowest BCUT2D eigenvalue weighted by Crippen LogP contribution is -2.35. The molecule has 37 heavy (non-hydrogen) atoms. The first-order valence-electron chi connectivity index (χ1n) is 12.2. The van der Waals surface area contributed by atoms with Crippen molar-refractivity contribution in [1.82, 2.24) is 15.3 Å². The number of rotatable bonds is 7. The van der Waals surface area contributed by atoms with Crippen LogP contribution < -0.4 is 15.4 Å². The van der Waals surface area contributed by atoms with Gasteiger partial charge in [-0.05, 0) is 71.0 Å². The Kier molecular flexibility index (Phi) is 10.0. The van der Waals surface area contributed by atoms with Crippen LogP contribution in [0.3, 0.4) is 0 Å². The predicted octanol–water partition coefficient (Wildman–Crippen LogP) is 5.40. The Morgan fingerprint density at radius 1 is 1.19 bits per heavy atom. The summed E-state index contributed by atoms with van der Waals surface area (Å²) in [7, 11) is 1.64. The van der Waals surface area contributed by atoms with Gasteiger partial charge in [-0.15, -0.1) is 0 Å². The number of ether oxygens (including phenoxy) is 2. The van der Waals surface area contributed by atoms with Crippen LogP contribution in [-0.4, -0.2) is 60.5 Å². The lowest BCUT2D eigenvalue weighted by molar-refractivity contribution is -0.145. The van der Waals surface area contributed by atoms with Gasteiger partial charge in [0.1, 0.15) is 24.5 Å². The maximum Gasteiger partial charge on any atom is 0.308 e. The molecule has 0 bridgehead atoms. The second-order valence-electron chi connectivity index (χ2n) is 9.78. The number of piperidine rings is 1. The van der Waals surface area contributed by atoms with Crippen molar-refractivity contribution in [2.24, 2.45) is 5.41 Å². The molecule has 0 atom stereocenters. The molecule has 1 aliphatic rings. The number of nitrogens with one attached hydrogen (secondary N) is 2. The number of aliphatic carboxylic acids is 1. The van der Waals surface area contributed by atoms with Gasteiger partial charge in [0, 0.05) is 30.2 Å². The van der Waals surface area contributed by atoms with Crippen molar-refractivity contribution >= 4 is 34.2 Å². The highest BCUT2D eigenvalue weighted by Gasteiger charge is 2.19. The molecule has 1 fully saturated rings. The average Bonchev–Trinajstić information content (AvgIpc) is 2.86. The van der Waals surface area contributed by atoms with E-state index >= 15 is 0 Å². The number of carbonyl (C=O) groups is 1. The molecule has 2 heterocycles. The van der Waals surface area contributed by atoms with E-state index in [0.29, 0.717) is 24.9 Å². The molecule has 0 unspecified atom stereocenters. The van der Waals surface area contributed by atoms with Crippen molar-refractivity contribution in [3.63, 3.8) is 0 Å². The summed E-state index contributed by atoms with van der Waals surface area (Å²) in [6, 6.07) is 8.87. The number of halogens is 2. The first-order chi connectivity index (χ1) is 17.6. The highest BCUT2D eigenvalue weighted by molar-refractivity contribution is 6.31. The number of aromatic nitrogens is 2. The zero-order valence-corrected chi connectivity index (χ0v) is 22.4. The van der Waals surface area contributed by atoms with E-state index in [2.05, 4.69) is 20.6 Å². The Bertz CT molecular complexity index is 1210. The standard InChI is InChI=1S/C22H24ClFN4O2.C5H10O2/c1-29-8-9-30-21-12-19-16(11-20(21)28-15-4-6-25-7-5-15)22(27-13-26-19)14-2-3-18(24)17(23)10-14;1-5(2,3)4(6)7/h2-3,10-13,15,25,28H,4-9H2,1H3;1-3H3,(H,6,7). The van der Waals surface area contributed by atoms with Crippen LogP contribution >= 0.6 is 11.6 Å². The molecule has 8 nitrogen and oxygen atoms in total. The number of anilines is 1. The van der Waals surface area contributed by atoms with Crippen molar-refractivity contribution < 1.29 is 23.8 Å². The third-order valence-electron chi connectivity index (χ3n) is 5.82. The summed E-state index contributed by atoms with van der Waals surface area (Å²) in [5.74, 6) is -0.492. The van der Waals surface area contributed by atoms with E-state index in [1.54, 1.807) is 40.0 Å². The molecule has 200 valence electrons. The van der Waals surface area contributed by atoms with Crippen molar-refractivity contribution in [1.29, 1.82) is 0 Å². The van der Waals surface area contributed by atoms with Crippen LogP contribution in [0.1, 0.15) is 33.6 Å². The quantitative estimate of drug-likeness (QED) is 0.347. The van der Waals surface area contributed by atoms with Gasteiger partial charge < -0.3 is 25.2 Å². The molecule has 1 aliphatic heterocycles. The molecule has 0 saturated carbocycles. The molecule has 0 radical (unpaired) electrons. The molecule has 1 saturated heterocycles. The fourth-order valence-corrected chi connectivity index (χ4v) is 3.79. The molecule has 1 aromatic heterocycles. The monoisotopic (exact) mass is 532 g/mol. The minimum absolute atomic E-state index is 0.0619. The highest BCUT2D eigenvalue weighted by Crippen LogP contribution is 2.35. The van der Waals surface area contributed by atoms with Gasteiger partial charge >= 0.3 is 5.97 Å². The molecule has 3 N–H and O–H groups in total. The Balaban J connectivity index is 0.000000479. The van der Waals surface area contributed by atoms with Gasteiger partial charge in [0.05, 0.1) is 33.9 Å². The fraction of sp³-hybridized carbons (Fsp3) is 0.444. The number of hydrogen-bond donors (Lipinski definition) is 3. The molecule has 3 aromatic rings. The van der Waals surface area contributed by atoms with Crippen LogP contribution in [0.5, 0.6) is 5.75 Å². The maximum atomic E-state index is 13.6. The lowest BCUT2D eigenvalue weighted by Gasteiger charge is -2.26. The highest BCUT2D eigenvalue weighted by atomic mass is 35.5. The number of carboxylic acid groups (broad SMARTS) is 1. The third kappa shape index (κ3) is 7.99. The van der Waals surface area contributed by atoms with Crippen LogP contribution in [-0.2, 0) is 9.53 Å². The van der Waals surface area contributed by atoms with Crippen LogP contribution in [0.25, 0.3) is 22.2 Å². The van der Waals surface area contributed by atoms with E-state index < -0.39 is 17.2 Å². The summed E-state index contributed by atoms with van der Waals surface area (Å²) in [5.41, 5.74) is 2.46. The number of benzene rings is 2. The number of hydrogen-bond acceptors (Lipinski definition) is 7. The average molecular weight is 533 g/mol. The van der Waals surface area contributed by atoms with Crippen LogP contribution in [0, 0.1) is 11.2 Å². The summed E-state index contributed by atoms with van der Waals surface area (Å²) in [6.45, 7) is 7.88. The van der Waals surface area contributed by atoms with E-state index in [4.69, 9.17) is 26.2 Å². The first kappa shape index (κ1) is 28.6.